The molecule has 0 radical (unpaired) electrons. The Bertz CT molecular complexity index is 1120. The van der Waals surface area contributed by atoms with Crippen LogP contribution in [0.25, 0.3) is 0 Å². The van der Waals surface area contributed by atoms with Gasteiger partial charge in [0, 0.05) is 87.0 Å². The lowest BCUT2D eigenvalue weighted by molar-refractivity contribution is -0.0136. The number of allylic oxidation sites excluding steroid dienone is 4. The molecular weight excluding hydrogens is 530 g/mol. The highest BCUT2D eigenvalue weighted by Crippen LogP contribution is 2.38. The van der Waals surface area contributed by atoms with Crippen molar-refractivity contribution in [2.24, 2.45) is 21.6 Å². The van der Waals surface area contributed by atoms with E-state index in [1.807, 2.05) is 6.08 Å². The first kappa shape index (κ1) is 33.1. The van der Waals surface area contributed by atoms with Crippen LogP contribution in [0.5, 0.6) is 0 Å². The quantitative estimate of drug-likeness (QED) is 0.201. The molecule has 1 saturated carbocycles. The van der Waals surface area contributed by atoms with Crippen LogP contribution in [0.4, 0.5) is 0 Å². The van der Waals surface area contributed by atoms with Crippen LogP contribution in [0.15, 0.2) is 69.9 Å². The first-order valence-corrected chi connectivity index (χ1v) is 16.9. The van der Waals surface area contributed by atoms with Gasteiger partial charge >= 0.3 is 0 Å². The highest BCUT2D eigenvalue weighted by molar-refractivity contribution is 6.01. The minimum atomic E-state index is 0.0968. The van der Waals surface area contributed by atoms with Crippen molar-refractivity contribution in [3.8, 4) is 0 Å². The molecule has 0 bridgehead atoms. The average molecular weight is 590 g/mol. The van der Waals surface area contributed by atoms with Crippen LogP contribution in [0.2, 0.25) is 0 Å². The molecule has 0 aromatic rings. The summed E-state index contributed by atoms with van der Waals surface area (Å²) in [5.74, 6) is 1.46. The number of hydrogen-bond donors (Lipinski definition) is 1. The molecule has 4 aliphatic rings. The molecule has 238 valence electrons. The highest BCUT2D eigenvalue weighted by atomic mass is 15.4. The summed E-state index contributed by atoms with van der Waals surface area (Å²) < 4.78 is 0. The molecule has 2 N–H and O–H groups in total. The fourth-order valence-electron chi connectivity index (χ4n) is 7.39. The van der Waals surface area contributed by atoms with Gasteiger partial charge in [-0.2, -0.15) is 0 Å². The molecular formula is C36H59N7. The summed E-state index contributed by atoms with van der Waals surface area (Å²) >= 11 is 0. The predicted molar refractivity (Wildman–Crippen MR) is 184 cm³/mol. The summed E-state index contributed by atoms with van der Waals surface area (Å²) in [4.78, 5) is 20.0. The molecule has 0 aromatic carbocycles. The Morgan fingerprint density at radius 1 is 1.05 bits per heavy atom. The number of aliphatic imine (C=N–C) groups is 2. The summed E-state index contributed by atoms with van der Waals surface area (Å²) in [6.45, 7) is 30.7. The fraction of sp³-hybridized carbons (Fsp3) is 0.667. The lowest BCUT2D eigenvalue weighted by atomic mass is 9.78. The molecule has 0 spiro atoms. The van der Waals surface area contributed by atoms with Crippen molar-refractivity contribution in [3.63, 3.8) is 0 Å². The Balaban J connectivity index is 1.47. The van der Waals surface area contributed by atoms with Gasteiger partial charge in [0.25, 0.3) is 0 Å². The normalized spacial score (nSPS) is 26.4. The van der Waals surface area contributed by atoms with E-state index in [-0.39, 0.29) is 5.54 Å². The molecule has 0 amide bonds. The molecule has 0 aromatic heterocycles. The molecule has 3 heterocycles. The Labute approximate surface area is 262 Å². The zero-order chi connectivity index (χ0) is 31.1. The Morgan fingerprint density at radius 2 is 1.72 bits per heavy atom. The van der Waals surface area contributed by atoms with E-state index in [1.54, 1.807) is 6.20 Å². The van der Waals surface area contributed by atoms with E-state index < -0.39 is 0 Å². The lowest BCUT2D eigenvalue weighted by Gasteiger charge is -2.55. The Morgan fingerprint density at radius 3 is 2.21 bits per heavy atom. The van der Waals surface area contributed by atoms with Crippen LogP contribution >= 0.6 is 0 Å². The second-order valence-corrected chi connectivity index (χ2v) is 13.4. The van der Waals surface area contributed by atoms with Crippen molar-refractivity contribution in [3.05, 3.63) is 59.9 Å². The molecule has 3 saturated heterocycles. The summed E-state index contributed by atoms with van der Waals surface area (Å²) in [6.07, 6.45) is 15.1. The minimum absolute atomic E-state index is 0.0968. The van der Waals surface area contributed by atoms with Gasteiger partial charge < -0.3 is 20.4 Å². The maximum atomic E-state index is 6.01. The molecule has 4 rings (SSSR count). The third-order valence-corrected chi connectivity index (χ3v) is 10.6. The zero-order valence-electron chi connectivity index (χ0n) is 28.0. The number of nitrogens with two attached hydrogens (primary N) is 1. The summed E-state index contributed by atoms with van der Waals surface area (Å²) in [5, 5.41) is 0. The number of nitrogens with zero attached hydrogens (tertiary/aromatic N) is 6. The molecule has 7 nitrogen and oxygen atoms in total. The van der Waals surface area contributed by atoms with Crippen molar-refractivity contribution >= 4 is 12.4 Å². The van der Waals surface area contributed by atoms with Gasteiger partial charge in [0.15, 0.2) is 0 Å². The van der Waals surface area contributed by atoms with E-state index in [9.17, 15) is 0 Å². The molecule has 1 aliphatic carbocycles. The Hall–Kier alpha value is -2.80. The van der Waals surface area contributed by atoms with E-state index in [2.05, 4.69) is 85.2 Å². The molecule has 1 unspecified atom stereocenters. The standard InChI is InChI=1S/C36H59N7/c1-9-13-30(11-3)32(43-26-33(29(43)6)41-22-20-40(21-23-41)28(5)10-2)24-34(38-8)42-18-14-31(15-19-42)35(27(4)25-37)39-36(7)16-12-17-36/h10,24-25,29,31,33H,2,5,8-9,11-23,26,37H2,1,3-4,6-7H3/b27-25?,32-30-,34-24+,39-35?/t29-,33?/m0/s1. The number of hydrogen-bond acceptors (Lipinski definition) is 7. The monoisotopic (exact) mass is 589 g/mol. The topological polar surface area (TPSA) is 63.7 Å². The zero-order valence-corrected chi connectivity index (χ0v) is 28.0. The SMILES string of the molecule is C=CC(=C)N1CCN(C2CN(C(/C=C(\N=C)N3CCC(C(=NC4(C)CCC4)C(C)=CN)CC3)=C(/CC)CCC)[C@H]2C)CC1. The summed E-state index contributed by atoms with van der Waals surface area (Å²) in [6, 6.07) is 1.04. The predicted octanol–water partition coefficient (Wildman–Crippen LogP) is 6.34. The Kier molecular flexibility index (Phi) is 11.4. The minimum Gasteiger partial charge on any atom is -0.404 e. The van der Waals surface area contributed by atoms with Gasteiger partial charge in [-0.3, -0.25) is 9.89 Å². The largest absolute Gasteiger partial charge is 0.404 e. The van der Waals surface area contributed by atoms with Crippen LogP contribution in [0.3, 0.4) is 0 Å². The first-order chi connectivity index (χ1) is 20.7. The lowest BCUT2D eigenvalue weighted by Crippen LogP contribution is -2.67. The van der Waals surface area contributed by atoms with Crippen molar-refractivity contribution in [1.82, 2.24) is 19.6 Å². The van der Waals surface area contributed by atoms with Gasteiger partial charge in [0.2, 0.25) is 0 Å². The molecule has 2 atom stereocenters. The van der Waals surface area contributed by atoms with Gasteiger partial charge in [-0.05, 0) is 95.9 Å². The van der Waals surface area contributed by atoms with Gasteiger partial charge in [0.05, 0.1) is 5.54 Å². The smallest absolute Gasteiger partial charge is 0.129 e. The van der Waals surface area contributed by atoms with E-state index in [0.717, 1.165) is 95.0 Å². The first-order valence-electron chi connectivity index (χ1n) is 16.9. The van der Waals surface area contributed by atoms with E-state index >= 15 is 0 Å². The molecule has 4 fully saturated rings. The van der Waals surface area contributed by atoms with Crippen molar-refractivity contribution in [2.75, 3.05) is 45.8 Å². The summed E-state index contributed by atoms with van der Waals surface area (Å²) in [5.41, 5.74) is 12.4. The number of rotatable bonds is 13. The maximum Gasteiger partial charge on any atom is 0.129 e. The number of piperazine rings is 1. The van der Waals surface area contributed by atoms with Crippen LogP contribution in [-0.4, -0.2) is 95.5 Å². The number of likely N-dealkylation sites (tertiary alicyclic amines) is 2. The summed E-state index contributed by atoms with van der Waals surface area (Å²) in [7, 11) is 0. The average Bonchev–Trinajstić information content (AvgIpc) is 3.02. The van der Waals surface area contributed by atoms with E-state index in [4.69, 9.17) is 10.7 Å². The van der Waals surface area contributed by atoms with Crippen LogP contribution in [0, 0.1) is 5.92 Å². The van der Waals surface area contributed by atoms with Crippen LogP contribution in [-0.2, 0) is 0 Å². The van der Waals surface area contributed by atoms with E-state index in [1.165, 1.54) is 36.2 Å². The second-order valence-electron chi connectivity index (χ2n) is 13.4. The van der Waals surface area contributed by atoms with Gasteiger partial charge in [-0.15, -0.1) is 0 Å². The van der Waals surface area contributed by atoms with Crippen LogP contribution in [0.1, 0.15) is 86.0 Å². The highest BCUT2D eigenvalue weighted by Gasteiger charge is 2.41. The van der Waals surface area contributed by atoms with E-state index in [0.29, 0.717) is 18.0 Å². The molecule has 3 aliphatic heterocycles. The van der Waals surface area contributed by atoms with Crippen molar-refractivity contribution < 1.29 is 0 Å². The van der Waals surface area contributed by atoms with Gasteiger partial charge in [-0.25, -0.2) is 4.99 Å². The number of piperidine rings is 1. The third kappa shape index (κ3) is 7.47. The fourth-order valence-corrected chi connectivity index (χ4v) is 7.39. The molecule has 7 heteroatoms. The van der Waals surface area contributed by atoms with Crippen molar-refractivity contribution in [2.45, 2.75) is 104 Å². The maximum absolute atomic E-state index is 6.01. The second kappa shape index (κ2) is 14.8. The van der Waals surface area contributed by atoms with Gasteiger partial charge in [0.1, 0.15) is 5.82 Å². The van der Waals surface area contributed by atoms with Crippen molar-refractivity contribution in [1.29, 1.82) is 0 Å². The van der Waals surface area contributed by atoms with Crippen LogP contribution < -0.4 is 5.73 Å². The third-order valence-electron chi connectivity index (χ3n) is 10.6. The molecule has 43 heavy (non-hydrogen) atoms. The van der Waals surface area contributed by atoms with Gasteiger partial charge in [-0.1, -0.05) is 33.4 Å².